The highest BCUT2D eigenvalue weighted by atomic mass is 16.6. The van der Waals surface area contributed by atoms with Crippen LogP contribution in [0.4, 0.5) is 0 Å². The molecule has 2 amide bonds. The Hall–Kier alpha value is -2.27. The van der Waals surface area contributed by atoms with Gasteiger partial charge in [-0.3, -0.25) is 19.3 Å². The molecule has 10 heteroatoms. The Morgan fingerprint density at radius 3 is 2.58 bits per heavy atom. The second kappa shape index (κ2) is 11.9. The van der Waals surface area contributed by atoms with Gasteiger partial charge >= 0.3 is 5.97 Å². The van der Waals surface area contributed by atoms with E-state index in [1.54, 1.807) is 11.0 Å². The predicted octanol–water partition coefficient (Wildman–Crippen LogP) is 0.988. The van der Waals surface area contributed by atoms with Crippen LogP contribution in [0.2, 0.25) is 0 Å². The lowest BCUT2D eigenvalue weighted by Gasteiger charge is -2.40. The van der Waals surface area contributed by atoms with Crippen molar-refractivity contribution in [2.45, 2.75) is 62.8 Å². The second-order valence-corrected chi connectivity index (χ2v) is 10.8. The standard InChI is InChI=1S/C28H43N3O7/c1-5-11-30(13-12-29-14-17-36-18-15-29)25(34)23-28-10-9-27(8-4,38-28)22(26(35)37-16-6-2)21(28)24(33)31(23)20(7-3)19-32/h5-6,20-23,32H,1-2,7-19H2,3-4H3/t20-,21-,22-,23?,27+,28?/m0/s1. The van der Waals surface area contributed by atoms with Crippen LogP contribution in [0.3, 0.4) is 0 Å². The van der Waals surface area contributed by atoms with E-state index in [0.29, 0.717) is 58.5 Å². The minimum atomic E-state index is -1.15. The van der Waals surface area contributed by atoms with Crippen molar-refractivity contribution in [1.82, 2.24) is 14.7 Å². The average molecular weight is 534 g/mol. The lowest BCUT2D eigenvalue weighted by atomic mass is 9.65. The second-order valence-electron chi connectivity index (χ2n) is 10.8. The summed E-state index contributed by atoms with van der Waals surface area (Å²) in [5.41, 5.74) is -2.01. The van der Waals surface area contributed by atoms with Gasteiger partial charge in [0, 0.05) is 32.7 Å². The summed E-state index contributed by atoms with van der Waals surface area (Å²) in [6, 6.07) is -1.50. The Bertz CT molecular complexity index is 918. The van der Waals surface area contributed by atoms with E-state index < -0.39 is 41.1 Å². The number of amides is 2. The molecule has 10 nitrogen and oxygen atoms in total. The number of ether oxygens (including phenoxy) is 3. The molecule has 0 aromatic heterocycles. The number of hydrogen-bond donors (Lipinski definition) is 1. The van der Waals surface area contributed by atoms with Crippen molar-refractivity contribution in [3.63, 3.8) is 0 Å². The van der Waals surface area contributed by atoms with Gasteiger partial charge in [0.05, 0.1) is 37.4 Å². The molecular formula is C28H43N3O7. The lowest BCUT2D eigenvalue weighted by Crippen LogP contribution is -2.59. The zero-order valence-electron chi connectivity index (χ0n) is 22.8. The first kappa shape index (κ1) is 28.7. The van der Waals surface area contributed by atoms with Crippen molar-refractivity contribution < 1.29 is 33.7 Å². The van der Waals surface area contributed by atoms with Gasteiger partial charge in [-0.1, -0.05) is 32.6 Å². The quantitative estimate of drug-likeness (QED) is 0.276. The van der Waals surface area contributed by atoms with Crippen molar-refractivity contribution in [3.05, 3.63) is 25.3 Å². The van der Waals surface area contributed by atoms with Crippen molar-refractivity contribution in [1.29, 1.82) is 0 Å². The van der Waals surface area contributed by atoms with E-state index in [1.165, 1.54) is 11.0 Å². The maximum Gasteiger partial charge on any atom is 0.313 e. The molecule has 4 aliphatic heterocycles. The molecule has 4 fully saturated rings. The van der Waals surface area contributed by atoms with Crippen molar-refractivity contribution in [3.8, 4) is 0 Å². The highest BCUT2D eigenvalue weighted by Gasteiger charge is 2.79. The molecule has 4 saturated heterocycles. The molecule has 1 spiro atoms. The van der Waals surface area contributed by atoms with E-state index in [2.05, 4.69) is 18.1 Å². The van der Waals surface area contributed by atoms with Crippen LogP contribution in [0.1, 0.15) is 39.5 Å². The zero-order chi connectivity index (χ0) is 27.5. The first-order valence-corrected chi connectivity index (χ1v) is 13.9. The molecule has 0 radical (unpaired) electrons. The van der Waals surface area contributed by atoms with E-state index in [4.69, 9.17) is 14.2 Å². The molecule has 4 heterocycles. The Morgan fingerprint density at radius 1 is 1.24 bits per heavy atom. The number of aliphatic hydroxyl groups is 1. The van der Waals surface area contributed by atoms with E-state index in [9.17, 15) is 19.5 Å². The third-order valence-corrected chi connectivity index (χ3v) is 8.98. The van der Waals surface area contributed by atoms with Gasteiger partial charge in [0.25, 0.3) is 0 Å². The number of hydrogen-bond acceptors (Lipinski definition) is 8. The van der Waals surface area contributed by atoms with Crippen LogP contribution in [-0.2, 0) is 28.6 Å². The molecule has 38 heavy (non-hydrogen) atoms. The highest BCUT2D eigenvalue weighted by Crippen LogP contribution is 2.64. The number of aliphatic hydroxyl groups excluding tert-OH is 1. The molecule has 1 N–H and O–H groups in total. The average Bonchev–Trinajstić information content (AvgIpc) is 3.54. The maximum atomic E-state index is 14.4. The van der Waals surface area contributed by atoms with Gasteiger partial charge in [-0.25, -0.2) is 0 Å². The molecule has 2 bridgehead atoms. The number of nitrogens with zero attached hydrogens (tertiary/aromatic N) is 3. The molecular weight excluding hydrogens is 490 g/mol. The molecule has 0 aromatic carbocycles. The van der Waals surface area contributed by atoms with Gasteiger partial charge < -0.3 is 29.1 Å². The first-order valence-electron chi connectivity index (χ1n) is 13.9. The molecule has 0 saturated carbocycles. The summed E-state index contributed by atoms with van der Waals surface area (Å²) >= 11 is 0. The summed E-state index contributed by atoms with van der Waals surface area (Å²) in [4.78, 5) is 47.5. The first-order chi connectivity index (χ1) is 18.3. The largest absolute Gasteiger partial charge is 0.461 e. The molecule has 6 atom stereocenters. The lowest BCUT2D eigenvalue weighted by molar-refractivity contribution is -0.163. The molecule has 2 unspecified atom stereocenters. The van der Waals surface area contributed by atoms with Gasteiger partial charge in [-0.05, 0) is 25.7 Å². The molecule has 4 rings (SSSR count). The fourth-order valence-electron chi connectivity index (χ4n) is 7.04. The van der Waals surface area contributed by atoms with Gasteiger partial charge in [0.2, 0.25) is 11.8 Å². The Labute approximate surface area is 225 Å². The number of rotatable bonds is 13. The molecule has 0 aromatic rings. The third kappa shape index (κ3) is 4.69. The fourth-order valence-corrected chi connectivity index (χ4v) is 7.04. The maximum absolute atomic E-state index is 14.4. The van der Waals surface area contributed by atoms with Crippen molar-refractivity contribution >= 4 is 17.8 Å². The van der Waals surface area contributed by atoms with Crippen LogP contribution in [0, 0.1) is 11.8 Å². The summed E-state index contributed by atoms with van der Waals surface area (Å²) < 4.78 is 17.7. The minimum absolute atomic E-state index is 0.0397. The minimum Gasteiger partial charge on any atom is -0.461 e. The third-order valence-electron chi connectivity index (χ3n) is 8.98. The zero-order valence-corrected chi connectivity index (χ0v) is 22.8. The Morgan fingerprint density at radius 2 is 1.97 bits per heavy atom. The van der Waals surface area contributed by atoms with Gasteiger partial charge in [-0.15, -0.1) is 6.58 Å². The van der Waals surface area contributed by atoms with Crippen LogP contribution < -0.4 is 0 Å². The monoisotopic (exact) mass is 533 g/mol. The molecule has 0 aliphatic carbocycles. The number of morpholine rings is 1. The Kier molecular flexibility index (Phi) is 8.96. The Balaban J connectivity index is 1.71. The summed E-state index contributed by atoms with van der Waals surface area (Å²) in [6.45, 7) is 15.4. The van der Waals surface area contributed by atoms with E-state index in [1.807, 2.05) is 13.8 Å². The number of fused-ring (bicyclic) bond motifs is 1. The molecule has 4 aliphatic rings. The van der Waals surface area contributed by atoms with Crippen LogP contribution in [0.5, 0.6) is 0 Å². The summed E-state index contributed by atoms with van der Waals surface area (Å²) in [5.74, 6) is -2.69. The van der Waals surface area contributed by atoms with Crippen molar-refractivity contribution in [2.24, 2.45) is 11.8 Å². The number of carbonyl (C=O) groups excluding carboxylic acids is 3. The number of carbonyl (C=O) groups is 3. The van der Waals surface area contributed by atoms with Gasteiger partial charge in [0.15, 0.2) is 0 Å². The SMILES string of the molecule is C=CCOC(=O)[C@@H]1[C@H]2C(=O)N([C@@H](CC)CO)C(C(=O)N(CC=C)CCN3CCOCC3)C23CC[C@@]1(CC)O3. The summed E-state index contributed by atoms with van der Waals surface area (Å²) in [5, 5.41) is 10.2. The van der Waals surface area contributed by atoms with E-state index in [-0.39, 0.29) is 25.0 Å². The fraction of sp³-hybridized carbons (Fsp3) is 0.750. The number of esters is 1. The topological polar surface area (TPSA) is 109 Å². The van der Waals surface area contributed by atoms with Crippen LogP contribution in [0.25, 0.3) is 0 Å². The van der Waals surface area contributed by atoms with Crippen LogP contribution >= 0.6 is 0 Å². The van der Waals surface area contributed by atoms with Gasteiger partial charge in [0.1, 0.15) is 24.2 Å². The van der Waals surface area contributed by atoms with Crippen LogP contribution in [-0.4, -0.2) is 120 Å². The normalized spacial score (nSPS) is 33.2. The molecule has 212 valence electrons. The van der Waals surface area contributed by atoms with E-state index in [0.717, 1.165) is 13.1 Å². The van der Waals surface area contributed by atoms with E-state index >= 15 is 0 Å². The van der Waals surface area contributed by atoms with Crippen LogP contribution in [0.15, 0.2) is 25.3 Å². The summed E-state index contributed by atoms with van der Waals surface area (Å²) in [6.07, 6.45) is 5.22. The van der Waals surface area contributed by atoms with Crippen molar-refractivity contribution in [2.75, 3.05) is 59.2 Å². The summed E-state index contributed by atoms with van der Waals surface area (Å²) in [7, 11) is 0. The van der Waals surface area contributed by atoms with Gasteiger partial charge in [-0.2, -0.15) is 0 Å². The predicted molar refractivity (Wildman–Crippen MR) is 140 cm³/mol. The number of likely N-dealkylation sites (tertiary alicyclic amines) is 1. The highest BCUT2D eigenvalue weighted by molar-refractivity contribution is 5.98. The smallest absolute Gasteiger partial charge is 0.313 e.